The van der Waals surface area contributed by atoms with Gasteiger partial charge >= 0.3 is 6.18 Å². The lowest BCUT2D eigenvalue weighted by Gasteiger charge is -2.23. The Hall–Kier alpha value is -2.81. The van der Waals surface area contributed by atoms with Gasteiger partial charge in [0.2, 0.25) is 0 Å². The van der Waals surface area contributed by atoms with Crippen molar-refractivity contribution < 1.29 is 26.0 Å². The number of nitrogens with zero attached hydrogens (tertiary/aromatic N) is 2. The third-order valence-corrected chi connectivity index (χ3v) is 5.28. The lowest BCUT2D eigenvalue weighted by atomic mass is 10.2. The predicted molar refractivity (Wildman–Crippen MR) is 87.8 cm³/mol. The second-order valence-corrected chi connectivity index (χ2v) is 7.17. The van der Waals surface area contributed by atoms with Crippen LogP contribution in [0, 0.1) is 0 Å². The number of hydrogen-bond donors (Lipinski definition) is 0. The number of sulfonamides is 1. The van der Waals surface area contributed by atoms with Gasteiger partial charge in [-0.2, -0.15) is 13.2 Å². The van der Waals surface area contributed by atoms with Crippen LogP contribution in [0.3, 0.4) is 0 Å². The van der Waals surface area contributed by atoms with E-state index in [1.54, 1.807) is 24.3 Å². The molecule has 9 heteroatoms. The van der Waals surface area contributed by atoms with Crippen molar-refractivity contribution in [1.29, 1.82) is 0 Å². The van der Waals surface area contributed by atoms with Crippen LogP contribution in [0.4, 0.5) is 19.0 Å². The summed E-state index contributed by atoms with van der Waals surface area (Å²) in [4.78, 5) is 3.52. The molecule has 0 saturated heterocycles. The van der Waals surface area contributed by atoms with E-state index in [9.17, 15) is 21.6 Å². The lowest BCUT2D eigenvalue weighted by molar-refractivity contribution is -0.137. The first-order valence-electron chi connectivity index (χ1n) is 7.42. The predicted octanol–water partition coefficient (Wildman–Crippen LogP) is 4.09. The van der Waals surface area contributed by atoms with Crippen molar-refractivity contribution in [3.05, 3.63) is 78.4 Å². The fourth-order valence-electron chi connectivity index (χ4n) is 2.29. The minimum absolute atomic E-state index is 0.0707. The van der Waals surface area contributed by atoms with Crippen molar-refractivity contribution >= 4 is 15.8 Å². The average molecular weight is 382 g/mol. The molecule has 3 aromatic rings. The minimum Gasteiger partial charge on any atom is -0.467 e. The Bertz CT molecular complexity index is 972. The smallest absolute Gasteiger partial charge is 0.416 e. The van der Waals surface area contributed by atoms with Crippen LogP contribution in [0.5, 0.6) is 0 Å². The van der Waals surface area contributed by atoms with Crippen molar-refractivity contribution in [3.8, 4) is 0 Å². The second kappa shape index (κ2) is 6.83. The molecule has 0 amide bonds. The zero-order valence-corrected chi connectivity index (χ0v) is 14.0. The topological polar surface area (TPSA) is 63.4 Å². The quantitative estimate of drug-likeness (QED) is 0.667. The molecule has 5 nitrogen and oxygen atoms in total. The summed E-state index contributed by atoms with van der Waals surface area (Å²) in [6.07, 6.45) is -1.88. The van der Waals surface area contributed by atoms with E-state index in [-0.39, 0.29) is 12.4 Å². The fourth-order valence-corrected chi connectivity index (χ4v) is 3.73. The molecule has 26 heavy (non-hydrogen) atoms. The molecule has 2 aromatic heterocycles. The van der Waals surface area contributed by atoms with Crippen LogP contribution in [-0.2, 0) is 22.7 Å². The van der Waals surface area contributed by atoms with Gasteiger partial charge in [0.05, 0.1) is 23.3 Å². The maximum Gasteiger partial charge on any atom is 0.416 e. The SMILES string of the molecule is O=S(=O)(c1cccc(C(F)(F)F)c1)N(Cc1ccco1)c1ccccn1. The van der Waals surface area contributed by atoms with Crippen molar-refractivity contribution in [2.24, 2.45) is 0 Å². The number of anilines is 1. The van der Waals surface area contributed by atoms with Crippen LogP contribution in [0.25, 0.3) is 0 Å². The number of halogens is 3. The molecule has 0 bridgehead atoms. The highest BCUT2D eigenvalue weighted by Crippen LogP contribution is 2.32. The second-order valence-electron chi connectivity index (χ2n) is 5.30. The van der Waals surface area contributed by atoms with E-state index in [1.165, 1.54) is 18.5 Å². The van der Waals surface area contributed by atoms with E-state index in [4.69, 9.17) is 4.42 Å². The minimum atomic E-state index is -4.65. The van der Waals surface area contributed by atoms with Crippen LogP contribution >= 0.6 is 0 Å². The van der Waals surface area contributed by atoms with E-state index in [1.807, 2.05) is 0 Å². The molecule has 0 radical (unpaired) electrons. The first-order chi connectivity index (χ1) is 12.3. The molecular weight excluding hydrogens is 369 g/mol. The van der Waals surface area contributed by atoms with Gasteiger partial charge in [-0.15, -0.1) is 0 Å². The first-order valence-corrected chi connectivity index (χ1v) is 8.86. The summed E-state index contributed by atoms with van der Waals surface area (Å²) >= 11 is 0. The van der Waals surface area contributed by atoms with Crippen molar-refractivity contribution in [2.75, 3.05) is 4.31 Å². The summed E-state index contributed by atoms with van der Waals surface area (Å²) in [5.41, 5.74) is -1.04. The molecule has 2 heterocycles. The Labute approximate surface area is 147 Å². The van der Waals surface area contributed by atoms with Gasteiger partial charge in [0, 0.05) is 6.20 Å². The van der Waals surface area contributed by atoms with Gasteiger partial charge in [0.15, 0.2) is 0 Å². The van der Waals surface area contributed by atoms with E-state index in [0.29, 0.717) is 11.8 Å². The number of benzene rings is 1. The van der Waals surface area contributed by atoms with Gasteiger partial charge in [-0.3, -0.25) is 0 Å². The summed E-state index contributed by atoms with van der Waals surface area (Å²) in [5, 5.41) is 0. The van der Waals surface area contributed by atoms with Gasteiger partial charge in [-0.1, -0.05) is 12.1 Å². The number of furan rings is 1. The van der Waals surface area contributed by atoms with Gasteiger partial charge < -0.3 is 4.42 Å². The Morgan fingerprint density at radius 2 is 1.85 bits per heavy atom. The number of alkyl halides is 3. The average Bonchev–Trinajstić information content (AvgIpc) is 3.13. The van der Waals surface area contributed by atoms with Gasteiger partial charge in [0.1, 0.15) is 11.6 Å². The molecule has 0 aliphatic rings. The zero-order chi connectivity index (χ0) is 18.8. The third-order valence-electron chi connectivity index (χ3n) is 3.53. The van der Waals surface area contributed by atoms with Crippen LogP contribution in [0.15, 0.2) is 76.4 Å². The Balaban J connectivity index is 2.08. The number of aromatic nitrogens is 1. The summed E-state index contributed by atoms with van der Waals surface area (Å²) in [6, 6.07) is 11.4. The number of pyridine rings is 1. The van der Waals surface area contributed by atoms with Crippen LogP contribution in [-0.4, -0.2) is 13.4 Å². The molecule has 1 aromatic carbocycles. The lowest BCUT2D eigenvalue weighted by Crippen LogP contribution is -2.31. The summed E-state index contributed by atoms with van der Waals surface area (Å²) in [7, 11) is -4.30. The van der Waals surface area contributed by atoms with Crippen LogP contribution in [0.1, 0.15) is 11.3 Å². The molecule has 0 N–H and O–H groups in total. The van der Waals surface area contributed by atoms with Crippen LogP contribution in [0.2, 0.25) is 0 Å². The van der Waals surface area contributed by atoms with Crippen molar-refractivity contribution in [2.45, 2.75) is 17.6 Å². The molecule has 0 spiro atoms. The highest BCUT2D eigenvalue weighted by atomic mass is 32.2. The monoisotopic (exact) mass is 382 g/mol. The maximum absolute atomic E-state index is 13.0. The Morgan fingerprint density at radius 3 is 2.46 bits per heavy atom. The van der Waals surface area contributed by atoms with E-state index < -0.39 is 26.7 Å². The molecule has 0 fully saturated rings. The third kappa shape index (κ3) is 3.72. The molecule has 0 aliphatic heterocycles. The van der Waals surface area contributed by atoms with E-state index in [2.05, 4.69) is 4.98 Å². The van der Waals surface area contributed by atoms with Crippen molar-refractivity contribution in [1.82, 2.24) is 4.98 Å². The maximum atomic E-state index is 13.0. The molecule has 0 unspecified atom stereocenters. The largest absolute Gasteiger partial charge is 0.467 e. The summed E-state index contributed by atoms with van der Waals surface area (Å²) in [5.74, 6) is 0.396. The Kier molecular flexibility index (Phi) is 4.73. The van der Waals surface area contributed by atoms with Gasteiger partial charge in [-0.25, -0.2) is 17.7 Å². The highest BCUT2D eigenvalue weighted by molar-refractivity contribution is 7.92. The highest BCUT2D eigenvalue weighted by Gasteiger charge is 2.33. The fraction of sp³-hybridized carbons (Fsp3) is 0.118. The first kappa shape index (κ1) is 18.0. The van der Waals surface area contributed by atoms with Gasteiger partial charge in [0.25, 0.3) is 10.0 Å². The molecule has 0 atom stereocenters. The zero-order valence-electron chi connectivity index (χ0n) is 13.2. The molecular formula is C17H13F3N2O3S. The standard InChI is InChI=1S/C17H13F3N2O3S/c18-17(19,20)13-5-3-7-15(11-13)26(23,24)22(12-14-6-4-10-25-14)16-8-1-2-9-21-16/h1-11H,12H2. The van der Waals surface area contributed by atoms with Crippen molar-refractivity contribution in [3.63, 3.8) is 0 Å². The number of rotatable bonds is 5. The normalized spacial score (nSPS) is 12.1. The van der Waals surface area contributed by atoms with E-state index in [0.717, 1.165) is 22.5 Å². The molecule has 3 rings (SSSR count). The van der Waals surface area contributed by atoms with E-state index >= 15 is 0 Å². The Morgan fingerprint density at radius 1 is 1.04 bits per heavy atom. The molecule has 0 saturated carbocycles. The summed E-state index contributed by atoms with van der Waals surface area (Å²) in [6.45, 7) is -0.206. The number of hydrogen-bond acceptors (Lipinski definition) is 4. The van der Waals surface area contributed by atoms with Gasteiger partial charge in [-0.05, 0) is 42.5 Å². The molecule has 136 valence electrons. The van der Waals surface area contributed by atoms with Crippen LogP contribution < -0.4 is 4.31 Å². The molecule has 0 aliphatic carbocycles. The summed E-state index contributed by atoms with van der Waals surface area (Å²) < 4.78 is 71.0.